The van der Waals surface area contributed by atoms with Crippen LogP contribution in [-0.2, 0) is 4.74 Å². The van der Waals surface area contributed by atoms with Gasteiger partial charge in [-0.2, -0.15) is 5.26 Å². The lowest BCUT2D eigenvalue weighted by molar-refractivity contribution is 0.0526. The maximum Gasteiger partial charge on any atom is 0.338 e. The van der Waals surface area contributed by atoms with Crippen molar-refractivity contribution in [3.05, 3.63) is 77.6 Å². The molecule has 0 aliphatic heterocycles. The van der Waals surface area contributed by atoms with E-state index in [9.17, 15) is 9.59 Å². The summed E-state index contributed by atoms with van der Waals surface area (Å²) in [5, 5.41) is 14.7. The van der Waals surface area contributed by atoms with Crippen molar-refractivity contribution < 1.29 is 14.3 Å². The van der Waals surface area contributed by atoms with Crippen LogP contribution in [-0.4, -0.2) is 28.5 Å². The van der Waals surface area contributed by atoms with Gasteiger partial charge in [0.25, 0.3) is 5.91 Å². The Morgan fingerprint density at radius 2 is 1.72 bits per heavy atom. The number of rotatable bonds is 6. The van der Waals surface area contributed by atoms with Gasteiger partial charge in [-0.05, 0) is 43.3 Å². The lowest BCUT2D eigenvalue weighted by Gasteiger charge is -2.08. The second-order valence-electron chi connectivity index (χ2n) is 5.83. The molecule has 3 aromatic rings. The Morgan fingerprint density at radius 1 is 1.03 bits per heavy atom. The Bertz CT molecular complexity index is 1060. The zero-order valence-electron chi connectivity index (χ0n) is 15.5. The van der Waals surface area contributed by atoms with Gasteiger partial charge in [-0.25, -0.2) is 14.8 Å². The number of ether oxygens (including phenoxy) is 1. The molecule has 0 saturated heterocycles. The lowest BCUT2D eigenvalue weighted by atomic mass is 10.2. The number of hydrogen-bond acceptors (Lipinski definition) is 7. The van der Waals surface area contributed by atoms with Gasteiger partial charge in [-0.1, -0.05) is 12.1 Å². The molecule has 0 saturated carbocycles. The molecule has 29 heavy (non-hydrogen) atoms. The van der Waals surface area contributed by atoms with E-state index in [-0.39, 0.29) is 11.5 Å². The van der Waals surface area contributed by atoms with Crippen LogP contribution in [0.1, 0.15) is 33.2 Å². The van der Waals surface area contributed by atoms with E-state index in [4.69, 9.17) is 10.00 Å². The quantitative estimate of drug-likeness (QED) is 0.621. The third-order valence-electron chi connectivity index (χ3n) is 3.86. The molecular weight excluding hydrogens is 370 g/mol. The first-order valence-corrected chi connectivity index (χ1v) is 8.77. The minimum Gasteiger partial charge on any atom is -0.462 e. The highest BCUT2D eigenvalue weighted by molar-refractivity contribution is 6.04. The Kier molecular flexibility index (Phi) is 6.12. The monoisotopic (exact) mass is 387 g/mol. The number of carbonyl (C=O) groups excluding carboxylic acids is 2. The largest absolute Gasteiger partial charge is 0.462 e. The van der Waals surface area contributed by atoms with Crippen LogP contribution in [0.2, 0.25) is 0 Å². The Labute approximate surface area is 167 Å². The van der Waals surface area contributed by atoms with E-state index in [0.29, 0.717) is 35.1 Å². The molecule has 2 N–H and O–H groups in total. The fourth-order valence-corrected chi connectivity index (χ4v) is 2.43. The molecule has 0 unspecified atom stereocenters. The molecule has 0 radical (unpaired) electrons. The number of aromatic nitrogens is 2. The predicted octanol–water partition coefficient (Wildman–Crippen LogP) is 3.52. The van der Waals surface area contributed by atoms with Crippen molar-refractivity contribution in [2.24, 2.45) is 0 Å². The van der Waals surface area contributed by atoms with Crippen molar-refractivity contribution in [3.63, 3.8) is 0 Å². The number of nitrogens with one attached hydrogen (secondary N) is 2. The standard InChI is InChI=1S/C21H17N5O3/c1-2-29-20(28)14-7-9-17(10-8-14)25-21-23-12-16(13-24-21)19(27)26-18-6-4-3-5-15(18)11-22/h3-10,12-13H,2H2,1H3,(H,26,27)(H,23,24,25). The maximum atomic E-state index is 12.3. The smallest absolute Gasteiger partial charge is 0.338 e. The van der Waals surface area contributed by atoms with Crippen molar-refractivity contribution in [3.8, 4) is 6.07 Å². The number of amides is 1. The first kappa shape index (κ1) is 19.5. The highest BCUT2D eigenvalue weighted by Gasteiger charge is 2.11. The van der Waals surface area contributed by atoms with E-state index >= 15 is 0 Å². The van der Waals surface area contributed by atoms with Crippen molar-refractivity contribution >= 4 is 29.2 Å². The van der Waals surface area contributed by atoms with Crippen LogP contribution in [0, 0.1) is 11.3 Å². The minimum absolute atomic E-state index is 0.251. The van der Waals surface area contributed by atoms with Crippen molar-refractivity contribution in [2.45, 2.75) is 6.92 Å². The van der Waals surface area contributed by atoms with Gasteiger partial charge < -0.3 is 15.4 Å². The molecule has 1 aromatic heterocycles. The minimum atomic E-state index is -0.418. The SMILES string of the molecule is CCOC(=O)c1ccc(Nc2ncc(C(=O)Nc3ccccc3C#N)cn2)cc1. The summed E-state index contributed by atoms with van der Waals surface area (Å²) >= 11 is 0. The first-order chi connectivity index (χ1) is 14.1. The summed E-state index contributed by atoms with van der Waals surface area (Å²) in [5.41, 5.74) is 2.16. The summed E-state index contributed by atoms with van der Waals surface area (Å²) in [4.78, 5) is 32.3. The van der Waals surface area contributed by atoms with Gasteiger partial charge in [0.1, 0.15) is 6.07 Å². The fourth-order valence-electron chi connectivity index (χ4n) is 2.43. The highest BCUT2D eigenvalue weighted by atomic mass is 16.5. The van der Waals surface area contributed by atoms with E-state index in [1.165, 1.54) is 12.4 Å². The van der Waals surface area contributed by atoms with E-state index in [1.54, 1.807) is 55.5 Å². The average molecular weight is 387 g/mol. The van der Waals surface area contributed by atoms with Gasteiger partial charge in [0.2, 0.25) is 5.95 Å². The zero-order valence-corrected chi connectivity index (χ0v) is 15.5. The molecule has 0 spiro atoms. The molecule has 0 aliphatic rings. The highest BCUT2D eigenvalue weighted by Crippen LogP contribution is 2.16. The number of para-hydroxylation sites is 1. The topological polar surface area (TPSA) is 117 Å². The van der Waals surface area contributed by atoms with Crippen LogP contribution < -0.4 is 10.6 Å². The van der Waals surface area contributed by atoms with Crippen molar-refractivity contribution in [1.29, 1.82) is 5.26 Å². The van der Waals surface area contributed by atoms with E-state index in [1.807, 2.05) is 6.07 Å². The van der Waals surface area contributed by atoms with E-state index in [0.717, 1.165) is 0 Å². The number of benzene rings is 2. The zero-order chi connectivity index (χ0) is 20.6. The van der Waals surface area contributed by atoms with Gasteiger partial charge in [0, 0.05) is 18.1 Å². The second kappa shape index (κ2) is 9.10. The van der Waals surface area contributed by atoms with E-state index in [2.05, 4.69) is 20.6 Å². The van der Waals surface area contributed by atoms with Gasteiger partial charge in [0.15, 0.2) is 0 Å². The predicted molar refractivity (Wildman–Crippen MR) is 107 cm³/mol. The molecule has 144 valence electrons. The second-order valence-corrected chi connectivity index (χ2v) is 5.83. The molecule has 1 amide bonds. The van der Waals surface area contributed by atoms with Crippen LogP contribution >= 0.6 is 0 Å². The van der Waals surface area contributed by atoms with Crippen LogP contribution in [0.3, 0.4) is 0 Å². The van der Waals surface area contributed by atoms with Crippen molar-refractivity contribution in [2.75, 3.05) is 17.2 Å². The summed E-state index contributed by atoms with van der Waals surface area (Å²) in [7, 11) is 0. The van der Waals surface area contributed by atoms with Crippen molar-refractivity contribution in [1.82, 2.24) is 9.97 Å². The van der Waals surface area contributed by atoms with E-state index < -0.39 is 5.91 Å². The summed E-state index contributed by atoms with van der Waals surface area (Å²) in [6, 6.07) is 15.4. The number of nitriles is 1. The Hall–Kier alpha value is -4.25. The molecule has 0 aliphatic carbocycles. The number of esters is 1. The maximum absolute atomic E-state index is 12.3. The molecule has 1 heterocycles. The molecule has 0 bridgehead atoms. The third-order valence-corrected chi connectivity index (χ3v) is 3.86. The van der Waals surface area contributed by atoms with Crippen LogP contribution in [0.25, 0.3) is 0 Å². The number of anilines is 3. The number of carbonyl (C=O) groups is 2. The number of nitrogens with zero attached hydrogens (tertiary/aromatic N) is 3. The summed E-state index contributed by atoms with van der Waals surface area (Å²) in [5.74, 6) is -0.510. The average Bonchev–Trinajstić information content (AvgIpc) is 2.75. The van der Waals surface area contributed by atoms with Crippen LogP contribution in [0.5, 0.6) is 0 Å². The molecular formula is C21H17N5O3. The number of hydrogen-bond donors (Lipinski definition) is 2. The van der Waals surface area contributed by atoms with Gasteiger partial charge in [0.05, 0.1) is 29.0 Å². The lowest BCUT2D eigenvalue weighted by Crippen LogP contribution is -2.14. The summed E-state index contributed by atoms with van der Waals surface area (Å²) in [6.07, 6.45) is 2.76. The van der Waals surface area contributed by atoms with Crippen LogP contribution in [0.4, 0.5) is 17.3 Å². The Balaban J connectivity index is 1.65. The Morgan fingerprint density at radius 3 is 2.38 bits per heavy atom. The normalized spacial score (nSPS) is 9.93. The fraction of sp³-hybridized carbons (Fsp3) is 0.0952. The summed E-state index contributed by atoms with van der Waals surface area (Å²) < 4.78 is 4.94. The molecule has 0 fully saturated rings. The van der Waals surface area contributed by atoms with Gasteiger partial charge in [-0.15, -0.1) is 0 Å². The van der Waals surface area contributed by atoms with Gasteiger partial charge >= 0.3 is 5.97 Å². The molecule has 8 heteroatoms. The molecule has 8 nitrogen and oxygen atoms in total. The molecule has 2 aromatic carbocycles. The van der Waals surface area contributed by atoms with Crippen LogP contribution in [0.15, 0.2) is 60.9 Å². The summed E-state index contributed by atoms with van der Waals surface area (Å²) in [6.45, 7) is 2.06. The first-order valence-electron chi connectivity index (χ1n) is 8.77. The third kappa shape index (κ3) is 4.93. The molecule has 3 rings (SSSR count). The molecule has 0 atom stereocenters. The van der Waals surface area contributed by atoms with Gasteiger partial charge in [-0.3, -0.25) is 4.79 Å².